The van der Waals surface area contributed by atoms with Crippen molar-refractivity contribution >= 4 is 21.7 Å². The molecule has 0 aliphatic heterocycles. The van der Waals surface area contributed by atoms with E-state index in [2.05, 4.69) is 26.1 Å². The molecular formula is C15H15BrN2O. The van der Waals surface area contributed by atoms with Crippen molar-refractivity contribution in [3.63, 3.8) is 0 Å². The van der Waals surface area contributed by atoms with Crippen LogP contribution in [-0.4, -0.2) is 16.0 Å². The van der Waals surface area contributed by atoms with Gasteiger partial charge in [0.15, 0.2) is 0 Å². The number of ketones is 1. The molecule has 2 aromatic rings. The number of aromatic nitrogens is 2. The Hall–Kier alpha value is -1.55. The zero-order valence-electron chi connectivity index (χ0n) is 10.9. The number of carbonyl (C=O) groups is 1. The molecule has 0 aliphatic rings. The quantitative estimate of drug-likeness (QED) is 0.863. The fourth-order valence-corrected chi connectivity index (χ4v) is 2.14. The molecule has 2 rings (SSSR count). The second-order valence-electron chi connectivity index (χ2n) is 4.63. The Morgan fingerprint density at radius 2 is 1.95 bits per heavy atom. The normalized spacial score (nSPS) is 12.2. The fourth-order valence-electron chi connectivity index (χ4n) is 1.78. The highest BCUT2D eigenvalue weighted by atomic mass is 79.9. The maximum absolute atomic E-state index is 11.4. The Kier molecular flexibility index (Phi) is 4.43. The van der Waals surface area contributed by atoms with Crippen LogP contribution in [0.15, 0.2) is 41.0 Å². The van der Waals surface area contributed by atoms with Crippen molar-refractivity contribution in [1.29, 1.82) is 0 Å². The molecule has 0 N–H and O–H groups in total. The molecule has 0 saturated heterocycles. The maximum Gasteiger partial charge on any atom is 0.132 e. The van der Waals surface area contributed by atoms with Gasteiger partial charge in [0.1, 0.15) is 10.4 Å². The Morgan fingerprint density at radius 3 is 2.58 bits per heavy atom. The van der Waals surface area contributed by atoms with Crippen LogP contribution in [0.1, 0.15) is 19.4 Å². The standard InChI is InChI=1S/C15H15BrN2O/c1-10(11(2)19)8-13-9-14(17-18-15(13)16)12-6-4-3-5-7-12/h3-7,9-10H,8H2,1-2H3. The van der Waals surface area contributed by atoms with E-state index < -0.39 is 0 Å². The zero-order valence-corrected chi connectivity index (χ0v) is 12.5. The van der Waals surface area contributed by atoms with Crippen LogP contribution in [0.3, 0.4) is 0 Å². The lowest BCUT2D eigenvalue weighted by Crippen LogP contribution is -2.10. The van der Waals surface area contributed by atoms with Gasteiger partial charge < -0.3 is 0 Å². The van der Waals surface area contributed by atoms with Crippen LogP contribution < -0.4 is 0 Å². The van der Waals surface area contributed by atoms with Crippen LogP contribution in [0.4, 0.5) is 0 Å². The topological polar surface area (TPSA) is 42.9 Å². The summed E-state index contributed by atoms with van der Waals surface area (Å²) in [5.41, 5.74) is 2.87. The van der Waals surface area contributed by atoms with Crippen molar-refractivity contribution in [2.45, 2.75) is 20.3 Å². The molecule has 0 bridgehead atoms. The number of nitrogens with zero attached hydrogens (tertiary/aromatic N) is 2. The van der Waals surface area contributed by atoms with Gasteiger partial charge in [-0.25, -0.2) is 0 Å². The first-order chi connectivity index (χ1) is 9.08. The summed E-state index contributed by atoms with van der Waals surface area (Å²) in [5.74, 6) is 0.175. The second-order valence-corrected chi connectivity index (χ2v) is 5.38. The van der Waals surface area contributed by atoms with Gasteiger partial charge in [0.25, 0.3) is 0 Å². The molecule has 1 atom stereocenters. The van der Waals surface area contributed by atoms with Crippen molar-refractivity contribution in [3.8, 4) is 11.3 Å². The molecule has 1 heterocycles. The predicted octanol–water partition coefficient (Wildman–Crippen LogP) is 3.67. The zero-order chi connectivity index (χ0) is 13.8. The SMILES string of the molecule is CC(=O)C(C)Cc1cc(-c2ccccc2)nnc1Br. The molecule has 19 heavy (non-hydrogen) atoms. The Bertz CT molecular complexity index is 584. The summed E-state index contributed by atoms with van der Waals surface area (Å²) in [4.78, 5) is 11.4. The Balaban J connectivity index is 2.32. The number of hydrogen-bond acceptors (Lipinski definition) is 3. The van der Waals surface area contributed by atoms with Gasteiger partial charge in [-0.1, -0.05) is 37.3 Å². The van der Waals surface area contributed by atoms with Crippen LogP contribution in [-0.2, 0) is 11.2 Å². The summed E-state index contributed by atoms with van der Waals surface area (Å²) in [6.45, 7) is 3.54. The van der Waals surface area contributed by atoms with E-state index in [0.29, 0.717) is 11.0 Å². The van der Waals surface area contributed by atoms with Crippen LogP contribution >= 0.6 is 15.9 Å². The summed E-state index contributed by atoms with van der Waals surface area (Å²) in [6, 6.07) is 11.9. The largest absolute Gasteiger partial charge is 0.300 e. The molecule has 4 heteroatoms. The number of benzene rings is 1. The van der Waals surface area contributed by atoms with E-state index in [9.17, 15) is 4.79 Å². The Labute approximate surface area is 121 Å². The van der Waals surface area contributed by atoms with E-state index in [1.165, 1.54) is 0 Å². The summed E-state index contributed by atoms with van der Waals surface area (Å²) in [5, 5.41) is 8.30. The highest BCUT2D eigenvalue weighted by Gasteiger charge is 2.13. The molecule has 0 fully saturated rings. The minimum atomic E-state index is -0.0101. The van der Waals surface area contributed by atoms with E-state index >= 15 is 0 Å². The molecule has 1 unspecified atom stereocenters. The molecule has 0 spiro atoms. The molecule has 1 aromatic carbocycles. The number of carbonyl (C=O) groups excluding carboxylic acids is 1. The maximum atomic E-state index is 11.4. The van der Waals surface area contributed by atoms with Crippen LogP contribution in [0.2, 0.25) is 0 Å². The molecule has 0 radical (unpaired) electrons. The number of hydrogen-bond donors (Lipinski definition) is 0. The summed E-state index contributed by atoms with van der Waals surface area (Å²) >= 11 is 3.40. The first kappa shape index (κ1) is 13.9. The van der Waals surface area contributed by atoms with Crippen molar-refractivity contribution < 1.29 is 4.79 Å². The number of halogens is 1. The van der Waals surface area contributed by atoms with Gasteiger partial charge in [0.05, 0.1) is 5.69 Å². The van der Waals surface area contributed by atoms with Crippen LogP contribution in [0, 0.1) is 5.92 Å². The first-order valence-electron chi connectivity index (χ1n) is 6.16. The third kappa shape index (κ3) is 3.47. The predicted molar refractivity (Wildman–Crippen MR) is 78.7 cm³/mol. The van der Waals surface area contributed by atoms with Gasteiger partial charge in [-0.3, -0.25) is 4.79 Å². The van der Waals surface area contributed by atoms with Gasteiger partial charge in [0, 0.05) is 11.5 Å². The van der Waals surface area contributed by atoms with E-state index in [1.807, 2.05) is 43.3 Å². The molecule has 0 saturated carbocycles. The van der Waals surface area contributed by atoms with Crippen molar-refractivity contribution in [2.75, 3.05) is 0 Å². The first-order valence-corrected chi connectivity index (χ1v) is 6.95. The Morgan fingerprint density at radius 1 is 1.26 bits per heavy atom. The third-order valence-corrected chi connectivity index (χ3v) is 3.78. The molecule has 0 aliphatic carbocycles. The second kappa shape index (κ2) is 6.06. The average Bonchev–Trinajstić information content (AvgIpc) is 2.42. The van der Waals surface area contributed by atoms with E-state index in [1.54, 1.807) is 6.92 Å². The summed E-state index contributed by atoms with van der Waals surface area (Å²) in [6.07, 6.45) is 0.672. The van der Waals surface area contributed by atoms with E-state index in [0.717, 1.165) is 16.8 Å². The lowest BCUT2D eigenvalue weighted by molar-refractivity contribution is -0.120. The monoisotopic (exact) mass is 318 g/mol. The van der Waals surface area contributed by atoms with Crippen molar-refractivity contribution in [1.82, 2.24) is 10.2 Å². The van der Waals surface area contributed by atoms with Gasteiger partial charge in [0.2, 0.25) is 0 Å². The van der Waals surface area contributed by atoms with Gasteiger partial charge in [-0.05, 0) is 40.9 Å². The fraction of sp³-hybridized carbons (Fsp3) is 0.267. The van der Waals surface area contributed by atoms with Crippen molar-refractivity contribution in [3.05, 3.63) is 46.6 Å². The van der Waals surface area contributed by atoms with Crippen LogP contribution in [0.25, 0.3) is 11.3 Å². The van der Waals surface area contributed by atoms with Crippen molar-refractivity contribution in [2.24, 2.45) is 5.92 Å². The smallest absolute Gasteiger partial charge is 0.132 e. The number of rotatable bonds is 4. The highest BCUT2D eigenvalue weighted by molar-refractivity contribution is 9.10. The molecule has 3 nitrogen and oxygen atoms in total. The summed E-state index contributed by atoms with van der Waals surface area (Å²) < 4.78 is 0.709. The van der Waals surface area contributed by atoms with E-state index in [4.69, 9.17) is 0 Å². The van der Waals surface area contributed by atoms with Gasteiger partial charge >= 0.3 is 0 Å². The molecular weight excluding hydrogens is 304 g/mol. The molecule has 98 valence electrons. The lowest BCUT2D eigenvalue weighted by Gasteiger charge is -2.10. The lowest BCUT2D eigenvalue weighted by atomic mass is 9.98. The third-order valence-electron chi connectivity index (χ3n) is 3.11. The van der Waals surface area contributed by atoms with Crippen LogP contribution in [0.5, 0.6) is 0 Å². The van der Waals surface area contributed by atoms with Gasteiger partial charge in [-0.2, -0.15) is 0 Å². The summed E-state index contributed by atoms with van der Waals surface area (Å²) in [7, 11) is 0. The highest BCUT2D eigenvalue weighted by Crippen LogP contribution is 2.23. The average molecular weight is 319 g/mol. The number of Topliss-reactive ketones (excluding diaryl/α,β-unsaturated/α-hetero) is 1. The van der Waals surface area contributed by atoms with E-state index in [-0.39, 0.29) is 11.7 Å². The minimum absolute atomic E-state index is 0.0101. The molecule has 1 aromatic heterocycles. The van der Waals surface area contributed by atoms with Gasteiger partial charge in [-0.15, -0.1) is 10.2 Å². The minimum Gasteiger partial charge on any atom is -0.300 e. The molecule has 0 amide bonds.